The topological polar surface area (TPSA) is 77.7 Å². The van der Waals surface area contributed by atoms with E-state index in [0.29, 0.717) is 0 Å². The monoisotopic (exact) mass is 452 g/mol. The van der Waals surface area contributed by atoms with Gasteiger partial charge in [-0.1, -0.05) is 13.8 Å². The van der Waals surface area contributed by atoms with Crippen LogP contribution in [0, 0.1) is 0 Å². The van der Waals surface area contributed by atoms with E-state index in [9.17, 15) is 5.11 Å². The van der Waals surface area contributed by atoms with E-state index in [-0.39, 0.29) is 30.5 Å². The summed E-state index contributed by atoms with van der Waals surface area (Å²) in [5.74, 6) is 0.726. The number of guanidine groups is 1. The van der Waals surface area contributed by atoms with Crippen LogP contribution in [0.15, 0.2) is 17.4 Å². The molecule has 24 heavy (non-hydrogen) atoms. The first kappa shape index (κ1) is 23.1. The molecule has 1 aromatic rings. The molecule has 1 unspecified atom stereocenters. The highest BCUT2D eigenvalue weighted by molar-refractivity contribution is 14.0. The second-order valence-electron chi connectivity index (χ2n) is 5.83. The Morgan fingerprint density at radius 3 is 2.50 bits per heavy atom. The molecule has 1 atom stereocenters. The summed E-state index contributed by atoms with van der Waals surface area (Å²) >= 11 is 0. The van der Waals surface area contributed by atoms with Crippen LogP contribution in [0.25, 0.3) is 0 Å². The predicted octanol–water partition coefficient (Wildman–Crippen LogP) is 1.14. The van der Waals surface area contributed by atoms with Crippen LogP contribution in [-0.2, 0) is 12.6 Å². The van der Waals surface area contributed by atoms with Gasteiger partial charge in [0, 0.05) is 38.4 Å². The number of aromatic nitrogens is 2. The van der Waals surface area contributed by atoms with Crippen LogP contribution < -0.4 is 10.6 Å². The van der Waals surface area contributed by atoms with Gasteiger partial charge < -0.3 is 20.6 Å². The zero-order chi connectivity index (χ0) is 17.3. The molecular weight excluding hydrogens is 419 g/mol. The maximum absolute atomic E-state index is 10.6. The standard InChI is InChI=1S/C16H32N6O.HI/c1-6-17-15(18-9-10-22(7-2)8-3)19-13-16(4,23)14-11-20-21(5)12-14;/h11-12,23H,6-10,13H2,1-5H3,(H2,17,18,19);1H. The molecule has 0 fully saturated rings. The van der Waals surface area contributed by atoms with E-state index >= 15 is 0 Å². The molecule has 3 N–H and O–H groups in total. The number of hydrogen-bond acceptors (Lipinski definition) is 4. The van der Waals surface area contributed by atoms with Gasteiger partial charge in [-0.15, -0.1) is 24.0 Å². The lowest BCUT2D eigenvalue weighted by atomic mass is 10.0. The Labute approximate surface area is 162 Å². The fourth-order valence-corrected chi connectivity index (χ4v) is 2.24. The lowest BCUT2D eigenvalue weighted by molar-refractivity contribution is 0.0672. The average Bonchev–Trinajstić information content (AvgIpc) is 2.96. The quantitative estimate of drug-likeness (QED) is 0.298. The Hall–Kier alpha value is -0.870. The van der Waals surface area contributed by atoms with E-state index in [1.165, 1.54) is 0 Å². The molecule has 1 aromatic heterocycles. The first-order valence-corrected chi connectivity index (χ1v) is 8.39. The molecule has 0 amide bonds. The van der Waals surface area contributed by atoms with E-state index in [1.807, 2.05) is 20.2 Å². The first-order chi connectivity index (χ1) is 10.9. The molecule has 0 aliphatic carbocycles. The van der Waals surface area contributed by atoms with Crippen LogP contribution in [0.1, 0.15) is 33.3 Å². The van der Waals surface area contributed by atoms with Crippen LogP contribution in [0.3, 0.4) is 0 Å². The maximum atomic E-state index is 10.6. The van der Waals surface area contributed by atoms with Crippen molar-refractivity contribution >= 4 is 29.9 Å². The molecule has 0 radical (unpaired) electrons. The van der Waals surface area contributed by atoms with Gasteiger partial charge in [0.25, 0.3) is 0 Å². The largest absolute Gasteiger partial charge is 0.383 e. The SMILES string of the molecule is CCNC(=NCC(C)(O)c1cnn(C)c1)NCCN(CC)CC.I. The van der Waals surface area contributed by atoms with Gasteiger partial charge in [0.2, 0.25) is 0 Å². The summed E-state index contributed by atoms with van der Waals surface area (Å²) in [6.45, 7) is 13.0. The Morgan fingerprint density at radius 2 is 2.00 bits per heavy atom. The minimum absolute atomic E-state index is 0. The van der Waals surface area contributed by atoms with Crippen molar-refractivity contribution in [2.24, 2.45) is 12.0 Å². The van der Waals surface area contributed by atoms with Gasteiger partial charge in [-0.25, -0.2) is 4.99 Å². The van der Waals surface area contributed by atoms with E-state index in [2.05, 4.69) is 39.5 Å². The highest BCUT2D eigenvalue weighted by Crippen LogP contribution is 2.19. The van der Waals surface area contributed by atoms with Crippen molar-refractivity contribution in [3.05, 3.63) is 18.0 Å². The van der Waals surface area contributed by atoms with Crippen LogP contribution in [0.2, 0.25) is 0 Å². The number of aliphatic hydroxyl groups is 1. The number of nitrogens with one attached hydrogen (secondary N) is 2. The van der Waals surface area contributed by atoms with Crippen LogP contribution in [-0.4, -0.2) is 65.0 Å². The minimum Gasteiger partial charge on any atom is -0.383 e. The highest BCUT2D eigenvalue weighted by atomic mass is 127. The summed E-state index contributed by atoms with van der Waals surface area (Å²) < 4.78 is 1.68. The molecule has 0 aromatic carbocycles. The normalized spacial score (nSPS) is 14.2. The number of halogens is 1. The molecule has 1 heterocycles. The Kier molecular flexibility index (Phi) is 11.2. The third kappa shape index (κ3) is 7.80. The van der Waals surface area contributed by atoms with Crippen molar-refractivity contribution in [2.45, 2.75) is 33.3 Å². The van der Waals surface area contributed by atoms with E-state index < -0.39 is 5.60 Å². The smallest absolute Gasteiger partial charge is 0.191 e. The molecule has 8 heteroatoms. The van der Waals surface area contributed by atoms with Gasteiger partial charge in [-0.3, -0.25) is 4.68 Å². The fourth-order valence-electron chi connectivity index (χ4n) is 2.24. The maximum Gasteiger partial charge on any atom is 0.191 e. The Morgan fingerprint density at radius 1 is 1.33 bits per heavy atom. The molecule has 0 aliphatic rings. The van der Waals surface area contributed by atoms with Crippen molar-refractivity contribution in [2.75, 3.05) is 39.3 Å². The lowest BCUT2D eigenvalue weighted by Gasteiger charge is -2.22. The number of likely N-dealkylation sites (N-methyl/N-ethyl adjacent to an activating group) is 1. The second-order valence-corrected chi connectivity index (χ2v) is 5.83. The van der Waals surface area contributed by atoms with Crippen LogP contribution in [0.5, 0.6) is 0 Å². The molecule has 0 aliphatic heterocycles. The first-order valence-electron chi connectivity index (χ1n) is 8.39. The predicted molar refractivity (Wildman–Crippen MR) is 110 cm³/mol. The fraction of sp³-hybridized carbons (Fsp3) is 0.750. The molecule has 7 nitrogen and oxygen atoms in total. The summed E-state index contributed by atoms with van der Waals surface area (Å²) in [6.07, 6.45) is 3.49. The average molecular weight is 452 g/mol. The Balaban J connectivity index is 0.00000529. The van der Waals surface area contributed by atoms with Gasteiger partial charge in [-0.05, 0) is 26.9 Å². The van der Waals surface area contributed by atoms with Crippen molar-refractivity contribution in [1.29, 1.82) is 0 Å². The molecule has 0 spiro atoms. The number of aliphatic imine (C=N–C) groups is 1. The van der Waals surface area contributed by atoms with Crippen molar-refractivity contribution in [1.82, 2.24) is 25.3 Å². The summed E-state index contributed by atoms with van der Waals surface area (Å²) in [5, 5.41) is 21.2. The van der Waals surface area contributed by atoms with E-state index in [1.54, 1.807) is 17.8 Å². The summed E-state index contributed by atoms with van der Waals surface area (Å²) in [6, 6.07) is 0. The number of nitrogens with zero attached hydrogens (tertiary/aromatic N) is 4. The molecule has 140 valence electrons. The number of hydrogen-bond donors (Lipinski definition) is 3. The highest BCUT2D eigenvalue weighted by Gasteiger charge is 2.24. The Bertz CT molecular complexity index is 485. The summed E-state index contributed by atoms with van der Waals surface area (Å²) in [4.78, 5) is 6.86. The van der Waals surface area contributed by atoms with Gasteiger partial charge in [0.1, 0.15) is 5.60 Å². The van der Waals surface area contributed by atoms with Gasteiger partial charge in [0.15, 0.2) is 5.96 Å². The van der Waals surface area contributed by atoms with E-state index in [4.69, 9.17) is 0 Å². The minimum atomic E-state index is -1.03. The molecule has 1 rings (SSSR count). The van der Waals surface area contributed by atoms with Crippen molar-refractivity contribution < 1.29 is 5.11 Å². The third-order valence-corrected chi connectivity index (χ3v) is 3.83. The second kappa shape index (κ2) is 11.6. The molecule has 0 bridgehead atoms. The lowest BCUT2D eigenvalue weighted by Crippen LogP contribution is -2.42. The zero-order valence-electron chi connectivity index (χ0n) is 15.5. The number of rotatable bonds is 9. The van der Waals surface area contributed by atoms with Crippen LogP contribution in [0.4, 0.5) is 0 Å². The number of aryl methyl sites for hydroxylation is 1. The third-order valence-electron chi connectivity index (χ3n) is 3.83. The van der Waals surface area contributed by atoms with Gasteiger partial charge in [-0.2, -0.15) is 5.10 Å². The molecule has 0 saturated heterocycles. The van der Waals surface area contributed by atoms with Gasteiger partial charge >= 0.3 is 0 Å². The summed E-state index contributed by atoms with van der Waals surface area (Å²) in [5.41, 5.74) is -0.266. The molecule has 0 saturated carbocycles. The molecular formula is C16H33IN6O. The van der Waals surface area contributed by atoms with Crippen LogP contribution >= 0.6 is 24.0 Å². The van der Waals surface area contributed by atoms with E-state index in [0.717, 1.165) is 44.2 Å². The summed E-state index contributed by atoms with van der Waals surface area (Å²) in [7, 11) is 1.84. The van der Waals surface area contributed by atoms with Crippen molar-refractivity contribution in [3.8, 4) is 0 Å². The van der Waals surface area contributed by atoms with Gasteiger partial charge in [0.05, 0.1) is 12.7 Å². The zero-order valence-corrected chi connectivity index (χ0v) is 17.9. The van der Waals surface area contributed by atoms with Crippen molar-refractivity contribution in [3.63, 3.8) is 0 Å².